The summed E-state index contributed by atoms with van der Waals surface area (Å²) in [5, 5.41) is 0. The molecule has 0 fully saturated rings. The minimum atomic E-state index is -0.563. The molecule has 0 amide bonds. The Morgan fingerprint density at radius 2 is 1.95 bits per heavy atom. The monoisotopic (exact) mass is 261 g/mol. The van der Waals surface area contributed by atoms with Gasteiger partial charge in [0.05, 0.1) is 19.8 Å². The van der Waals surface area contributed by atoms with Crippen LogP contribution in [0, 0.1) is 0 Å². The van der Waals surface area contributed by atoms with Gasteiger partial charge < -0.3 is 10.5 Å². The van der Waals surface area contributed by atoms with Gasteiger partial charge in [-0.3, -0.25) is 14.3 Å². The first-order chi connectivity index (χ1) is 9.16. The number of H-pyrrole nitrogens is 1. The van der Waals surface area contributed by atoms with E-state index in [1.54, 1.807) is 0 Å². The van der Waals surface area contributed by atoms with Gasteiger partial charge >= 0.3 is 5.69 Å². The van der Waals surface area contributed by atoms with Gasteiger partial charge in [0, 0.05) is 6.20 Å². The topological polar surface area (TPSA) is 90.1 Å². The van der Waals surface area contributed by atoms with Crippen molar-refractivity contribution in [1.82, 2.24) is 9.55 Å². The minimum Gasteiger partial charge on any atom is -0.393 e. The number of nitrogens with one attached hydrogen (secondary N) is 1. The van der Waals surface area contributed by atoms with E-state index in [1.165, 1.54) is 10.8 Å². The van der Waals surface area contributed by atoms with Crippen molar-refractivity contribution < 1.29 is 4.74 Å². The van der Waals surface area contributed by atoms with E-state index >= 15 is 0 Å². The highest BCUT2D eigenvalue weighted by molar-refractivity contribution is 5.30. The number of nitrogen functional groups attached to an aromatic ring is 1. The number of hydrogen-bond acceptors (Lipinski definition) is 4. The lowest BCUT2D eigenvalue weighted by Gasteiger charge is -2.07. The number of rotatable bonds is 5. The molecule has 0 bridgehead atoms. The normalized spacial score (nSPS) is 10.5. The minimum absolute atomic E-state index is 0.0164. The quantitative estimate of drug-likeness (QED) is 0.759. The number of ether oxygens (including phenoxy) is 1. The molecule has 2 rings (SSSR count). The third-order valence-electron chi connectivity index (χ3n) is 2.63. The molecule has 0 unspecified atom stereocenters. The highest BCUT2D eigenvalue weighted by Crippen LogP contribution is 2.00. The molecular formula is C13H15N3O3. The van der Waals surface area contributed by atoms with Crippen LogP contribution < -0.4 is 17.0 Å². The Morgan fingerprint density at radius 3 is 2.68 bits per heavy atom. The number of hydrogen-bond donors (Lipinski definition) is 2. The highest BCUT2D eigenvalue weighted by Gasteiger charge is 2.01. The maximum Gasteiger partial charge on any atom is 0.328 e. The molecule has 6 heteroatoms. The smallest absolute Gasteiger partial charge is 0.328 e. The van der Waals surface area contributed by atoms with Gasteiger partial charge in [0.1, 0.15) is 5.69 Å². The van der Waals surface area contributed by atoms with Crippen molar-refractivity contribution in [3.63, 3.8) is 0 Å². The zero-order chi connectivity index (χ0) is 13.7. The summed E-state index contributed by atoms with van der Waals surface area (Å²) in [6.45, 7) is 1.18. The van der Waals surface area contributed by atoms with Crippen molar-refractivity contribution in [2.24, 2.45) is 0 Å². The maximum atomic E-state index is 11.5. The van der Waals surface area contributed by atoms with E-state index in [4.69, 9.17) is 10.5 Å². The van der Waals surface area contributed by atoms with Crippen LogP contribution in [0.3, 0.4) is 0 Å². The number of benzene rings is 1. The van der Waals surface area contributed by atoms with E-state index in [0.717, 1.165) is 5.56 Å². The van der Waals surface area contributed by atoms with Gasteiger partial charge in [0.15, 0.2) is 0 Å². The lowest BCUT2D eigenvalue weighted by atomic mass is 10.2. The largest absolute Gasteiger partial charge is 0.393 e. The van der Waals surface area contributed by atoms with Crippen LogP contribution in [-0.4, -0.2) is 16.2 Å². The van der Waals surface area contributed by atoms with Crippen molar-refractivity contribution in [2.75, 3.05) is 12.3 Å². The summed E-state index contributed by atoms with van der Waals surface area (Å²) in [4.78, 5) is 24.7. The van der Waals surface area contributed by atoms with Crippen LogP contribution in [-0.2, 0) is 17.9 Å². The average Bonchev–Trinajstić information content (AvgIpc) is 2.41. The summed E-state index contributed by atoms with van der Waals surface area (Å²) in [6.07, 6.45) is 1.33. The number of aromatic amines is 1. The Hall–Kier alpha value is -2.34. The van der Waals surface area contributed by atoms with Crippen molar-refractivity contribution >= 4 is 5.69 Å². The van der Waals surface area contributed by atoms with E-state index in [-0.39, 0.29) is 5.69 Å². The Morgan fingerprint density at radius 1 is 1.21 bits per heavy atom. The lowest BCUT2D eigenvalue weighted by molar-refractivity contribution is 0.112. The zero-order valence-electron chi connectivity index (χ0n) is 10.3. The molecule has 3 N–H and O–H groups in total. The Balaban J connectivity index is 1.88. The Labute approximate surface area is 109 Å². The first kappa shape index (κ1) is 13.1. The van der Waals surface area contributed by atoms with Crippen LogP contribution in [0.4, 0.5) is 5.69 Å². The number of anilines is 1. The summed E-state index contributed by atoms with van der Waals surface area (Å²) in [7, 11) is 0. The van der Waals surface area contributed by atoms with Gasteiger partial charge in [-0.2, -0.15) is 0 Å². The molecule has 6 nitrogen and oxygen atoms in total. The molecule has 0 aliphatic rings. The molecule has 0 aliphatic heterocycles. The Bertz CT molecular complexity index is 646. The second-order valence-corrected chi connectivity index (χ2v) is 4.08. The highest BCUT2D eigenvalue weighted by atomic mass is 16.5. The van der Waals surface area contributed by atoms with Gasteiger partial charge in [-0.15, -0.1) is 0 Å². The molecule has 1 aromatic heterocycles. The van der Waals surface area contributed by atoms with Crippen molar-refractivity contribution in [1.29, 1.82) is 0 Å². The molecular weight excluding hydrogens is 246 g/mol. The van der Waals surface area contributed by atoms with Crippen molar-refractivity contribution in [3.8, 4) is 0 Å². The number of nitrogens with two attached hydrogens (primary N) is 1. The molecule has 1 heterocycles. The summed E-state index contributed by atoms with van der Waals surface area (Å²) in [5.74, 6) is 0. The van der Waals surface area contributed by atoms with Crippen LogP contribution in [0.5, 0.6) is 0 Å². The van der Waals surface area contributed by atoms with Gasteiger partial charge in [0.2, 0.25) is 0 Å². The fourth-order valence-corrected chi connectivity index (χ4v) is 1.62. The van der Waals surface area contributed by atoms with E-state index < -0.39 is 11.2 Å². The van der Waals surface area contributed by atoms with Crippen LogP contribution in [0.15, 0.2) is 46.1 Å². The maximum absolute atomic E-state index is 11.5. The predicted octanol–water partition coefficient (Wildman–Crippen LogP) is 0.336. The van der Waals surface area contributed by atoms with Gasteiger partial charge in [-0.05, 0) is 5.56 Å². The first-order valence-corrected chi connectivity index (χ1v) is 5.88. The summed E-state index contributed by atoms with van der Waals surface area (Å²) < 4.78 is 6.78. The second-order valence-electron chi connectivity index (χ2n) is 4.08. The summed E-state index contributed by atoms with van der Waals surface area (Å²) in [5.41, 5.74) is 5.48. The Kier molecular flexibility index (Phi) is 4.15. The van der Waals surface area contributed by atoms with Crippen LogP contribution in [0.25, 0.3) is 0 Å². The third kappa shape index (κ3) is 3.56. The van der Waals surface area contributed by atoms with Gasteiger partial charge in [0.25, 0.3) is 5.56 Å². The lowest BCUT2D eigenvalue weighted by Crippen LogP contribution is -2.32. The fraction of sp³-hybridized carbons (Fsp3) is 0.231. The molecule has 0 atom stereocenters. The molecule has 0 saturated heterocycles. The summed E-state index contributed by atoms with van der Waals surface area (Å²) in [6, 6.07) is 9.73. The van der Waals surface area contributed by atoms with Crippen LogP contribution in [0.2, 0.25) is 0 Å². The van der Waals surface area contributed by atoms with E-state index in [2.05, 4.69) is 4.98 Å². The van der Waals surface area contributed by atoms with Crippen molar-refractivity contribution in [3.05, 3.63) is 62.9 Å². The molecule has 0 saturated carbocycles. The molecule has 100 valence electrons. The predicted molar refractivity (Wildman–Crippen MR) is 71.8 cm³/mol. The van der Waals surface area contributed by atoms with E-state index in [0.29, 0.717) is 19.8 Å². The second kappa shape index (κ2) is 6.01. The van der Waals surface area contributed by atoms with Crippen LogP contribution >= 0.6 is 0 Å². The average molecular weight is 261 g/mol. The van der Waals surface area contributed by atoms with Gasteiger partial charge in [-0.1, -0.05) is 30.3 Å². The molecule has 0 aliphatic carbocycles. The van der Waals surface area contributed by atoms with Gasteiger partial charge in [-0.25, -0.2) is 4.79 Å². The number of nitrogens with zero attached hydrogens (tertiary/aromatic N) is 1. The van der Waals surface area contributed by atoms with E-state index in [1.807, 2.05) is 30.3 Å². The number of aromatic nitrogens is 2. The zero-order valence-corrected chi connectivity index (χ0v) is 10.3. The molecule has 19 heavy (non-hydrogen) atoms. The molecule has 0 radical (unpaired) electrons. The van der Waals surface area contributed by atoms with Crippen molar-refractivity contribution in [2.45, 2.75) is 13.2 Å². The standard InChI is InChI=1S/C13H15N3O3/c14-11-8-16(13(18)15-12(11)17)6-7-19-9-10-4-2-1-3-5-10/h1-5,8H,6-7,9,14H2,(H,15,17,18). The van der Waals surface area contributed by atoms with Crippen LogP contribution in [0.1, 0.15) is 5.56 Å². The third-order valence-corrected chi connectivity index (χ3v) is 2.63. The molecule has 0 spiro atoms. The summed E-state index contributed by atoms with van der Waals surface area (Å²) >= 11 is 0. The SMILES string of the molecule is Nc1cn(CCOCc2ccccc2)c(=O)[nH]c1=O. The first-order valence-electron chi connectivity index (χ1n) is 5.88. The molecule has 1 aromatic carbocycles. The fourth-order valence-electron chi connectivity index (χ4n) is 1.62. The van der Waals surface area contributed by atoms with E-state index in [9.17, 15) is 9.59 Å². The molecule has 2 aromatic rings.